The van der Waals surface area contributed by atoms with E-state index < -0.39 is 141 Å². The second-order valence-electron chi connectivity index (χ2n) is 24.5. The zero-order valence-electron chi connectivity index (χ0n) is 44.6. The topological polar surface area (TPSA) is 235 Å². The number of ketones is 4. The van der Waals surface area contributed by atoms with Crippen LogP contribution in [0.15, 0.2) is 47.6 Å². The first-order valence-electron chi connectivity index (χ1n) is 26.8. The van der Waals surface area contributed by atoms with Gasteiger partial charge in [-0.2, -0.15) is 0 Å². The number of aliphatic hydroxyl groups excluding tert-OH is 2. The number of carbonyl (C=O) groups excluding carboxylic acids is 6. The van der Waals surface area contributed by atoms with E-state index in [1.54, 1.807) is 53.7 Å². The summed E-state index contributed by atoms with van der Waals surface area (Å²) in [5.41, 5.74) is -11.0. The summed E-state index contributed by atoms with van der Waals surface area (Å²) >= 11 is 0. The van der Waals surface area contributed by atoms with Crippen molar-refractivity contribution in [2.45, 2.75) is 165 Å². The molecule has 418 valence electrons. The minimum atomic E-state index is -2.12. The van der Waals surface area contributed by atoms with Crippen molar-refractivity contribution < 1.29 is 95.1 Å². The van der Waals surface area contributed by atoms with Crippen LogP contribution in [0.3, 0.4) is 0 Å². The van der Waals surface area contributed by atoms with Crippen LogP contribution in [0.25, 0.3) is 0 Å². The van der Waals surface area contributed by atoms with Gasteiger partial charge in [0.25, 0.3) is 0 Å². The van der Waals surface area contributed by atoms with Crippen molar-refractivity contribution in [2.75, 3.05) is 52.9 Å². The molecule has 0 radical (unpaired) electrons. The van der Waals surface area contributed by atoms with Crippen LogP contribution in [-0.4, -0.2) is 157 Å². The van der Waals surface area contributed by atoms with Gasteiger partial charge in [0.05, 0.1) is 50.8 Å². The van der Waals surface area contributed by atoms with Gasteiger partial charge in [-0.05, 0) is 129 Å². The van der Waals surface area contributed by atoms with Gasteiger partial charge in [-0.25, -0.2) is 18.4 Å². The van der Waals surface area contributed by atoms with Crippen molar-refractivity contribution >= 4 is 35.4 Å². The first kappa shape index (κ1) is 55.1. The first-order valence-corrected chi connectivity index (χ1v) is 26.8. The molecule has 76 heavy (non-hydrogen) atoms. The van der Waals surface area contributed by atoms with Crippen molar-refractivity contribution in [1.29, 1.82) is 0 Å². The Kier molecular flexibility index (Phi) is 13.5. The van der Waals surface area contributed by atoms with Crippen LogP contribution in [0.5, 0.6) is 0 Å². The van der Waals surface area contributed by atoms with Crippen molar-refractivity contribution in [2.24, 2.45) is 45.3 Å². The molecule has 0 aromatic carbocycles. The highest BCUT2D eigenvalue weighted by molar-refractivity contribution is 6.02. The highest BCUT2D eigenvalue weighted by atomic mass is 19.1. The van der Waals surface area contributed by atoms with Gasteiger partial charge in [-0.1, -0.05) is 37.1 Å². The van der Waals surface area contributed by atoms with Crippen molar-refractivity contribution in [3.63, 3.8) is 0 Å². The fourth-order valence-corrected chi connectivity index (χ4v) is 16.9. The Morgan fingerprint density at radius 3 is 1.32 bits per heavy atom. The van der Waals surface area contributed by atoms with E-state index in [1.807, 2.05) is 13.8 Å². The Balaban J connectivity index is 0.645. The van der Waals surface area contributed by atoms with Crippen LogP contribution in [0, 0.1) is 45.3 Å². The fourth-order valence-electron chi connectivity index (χ4n) is 16.9. The molecule has 8 fully saturated rings. The zero-order chi connectivity index (χ0) is 54.9. The average Bonchev–Trinajstić information content (AvgIpc) is 4.00. The summed E-state index contributed by atoms with van der Waals surface area (Å²) in [7, 11) is 0. The molecule has 10 aliphatic rings. The number of carbonyl (C=O) groups is 6. The molecule has 18 nitrogen and oxygen atoms in total. The molecule has 8 aliphatic carbocycles. The molecule has 16 atom stereocenters. The van der Waals surface area contributed by atoms with E-state index in [9.17, 15) is 39.0 Å². The molecule has 2 N–H and O–H groups in total. The molecule has 0 amide bonds. The lowest BCUT2D eigenvalue weighted by Gasteiger charge is -2.62. The van der Waals surface area contributed by atoms with Crippen molar-refractivity contribution in [3.8, 4) is 0 Å². The predicted molar refractivity (Wildman–Crippen MR) is 259 cm³/mol. The van der Waals surface area contributed by atoms with Crippen LogP contribution in [-0.2, 0) is 66.5 Å². The van der Waals surface area contributed by atoms with Gasteiger partial charge in [-0.15, -0.1) is 0 Å². The Morgan fingerprint density at radius 1 is 0.566 bits per heavy atom. The van der Waals surface area contributed by atoms with Crippen LogP contribution in [0.2, 0.25) is 0 Å². The summed E-state index contributed by atoms with van der Waals surface area (Å²) in [5, 5.41) is 23.6. The quantitative estimate of drug-likeness (QED) is 0.137. The molecule has 0 aromatic rings. The molecule has 0 unspecified atom stereocenters. The lowest BCUT2D eigenvalue weighted by Crippen LogP contribution is -2.70. The number of ether oxygens (including phenoxy) is 10. The van der Waals surface area contributed by atoms with Gasteiger partial charge in [0, 0.05) is 33.5 Å². The van der Waals surface area contributed by atoms with Gasteiger partial charge >= 0.3 is 12.3 Å². The summed E-state index contributed by atoms with van der Waals surface area (Å²) in [6.45, 7) is 11.9. The Bertz CT molecular complexity index is 2400. The minimum Gasteiger partial charge on any atom is -0.432 e. The molecular formula is C56H72F2O18. The van der Waals surface area contributed by atoms with Gasteiger partial charge < -0.3 is 57.6 Å². The summed E-state index contributed by atoms with van der Waals surface area (Å²) in [5.74, 6) is -6.33. The third kappa shape index (κ3) is 7.86. The third-order valence-electron chi connectivity index (χ3n) is 20.0. The molecule has 2 heterocycles. The first-order chi connectivity index (χ1) is 35.6. The number of halogens is 2. The third-order valence-corrected chi connectivity index (χ3v) is 20.0. The normalized spacial score (nSPS) is 44.6. The average molecular weight is 1070 g/mol. The van der Waals surface area contributed by atoms with E-state index in [0.717, 1.165) is 0 Å². The number of aliphatic hydroxyl groups is 2. The molecular weight excluding hydrogens is 999 g/mol. The molecule has 0 spiro atoms. The van der Waals surface area contributed by atoms with Crippen molar-refractivity contribution in [3.05, 3.63) is 47.6 Å². The number of hydrogen-bond donors (Lipinski definition) is 2. The van der Waals surface area contributed by atoms with E-state index in [-0.39, 0.29) is 76.9 Å². The standard InChI is InChI=1S/C56H72F2O18/c1-47(2)73-43-25-37-35-11-9-31-23-33(59)13-15-49(31,5)53(35,57)39(61)27-51(37,7)55(43,75-47)41(63)29-71-45(65)69-21-19-67-17-18-68-20-22-70-46(66)72-30-42(64)56-44(74-48(3,4)76-56)26-38-36-12-10-32-24-34(60)14-16-50(32,6)54(36,58)40(62)28-52(38,56)8/h13-16,23-24,35-40,43-44,61-62H,9-12,17-22,25-30H2,1-8H3/t35-,36-,37-,38-,39-,40-,43+,44+,49-,50-,51-,52-,53-,54-,55+,56+/m0/s1. The molecule has 6 saturated carbocycles. The molecule has 0 bridgehead atoms. The number of allylic oxidation sites excluding steroid dienone is 8. The van der Waals surface area contributed by atoms with E-state index in [4.69, 9.17) is 47.4 Å². The number of hydrogen-bond acceptors (Lipinski definition) is 18. The Labute approximate surface area is 440 Å². The monoisotopic (exact) mass is 1070 g/mol. The molecule has 0 aromatic heterocycles. The Hall–Kier alpha value is -4.28. The zero-order valence-corrected chi connectivity index (χ0v) is 44.6. The smallest absolute Gasteiger partial charge is 0.432 e. The summed E-state index contributed by atoms with van der Waals surface area (Å²) in [4.78, 5) is 78.7. The van der Waals surface area contributed by atoms with E-state index in [1.165, 1.54) is 24.3 Å². The largest absolute Gasteiger partial charge is 0.508 e. The lowest BCUT2D eigenvalue weighted by atomic mass is 9.44. The summed E-state index contributed by atoms with van der Waals surface area (Å²) < 4.78 is 92.9. The fraction of sp³-hybridized carbons (Fsp3) is 0.750. The van der Waals surface area contributed by atoms with Gasteiger partial charge in [0.2, 0.25) is 11.6 Å². The molecule has 20 heteroatoms. The predicted octanol–water partition coefficient (Wildman–Crippen LogP) is 6.21. The summed E-state index contributed by atoms with van der Waals surface area (Å²) in [6.07, 6.45) is 3.73. The lowest BCUT2D eigenvalue weighted by molar-refractivity contribution is -0.246. The number of alkyl halides is 2. The minimum absolute atomic E-state index is 0.0525. The van der Waals surface area contributed by atoms with Gasteiger partial charge in [0.15, 0.2) is 58.9 Å². The second kappa shape index (κ2) is 18.7. The van der Waals surface area contributed by atoms with Gasteiger partial charge in [-0.3, -0.25) is 19.2 Å². The van der Waals surface area contributed by atoms with Crippen LogP contribution < -0.4 is 0 Å². The highest BCUT2D eigenvalue weighted by Crippen LogP contribution is 2.74. The number of Topliss-reactive ketones (excluding diaryl/α,β-unsaturated/α-hetero) is 2. The van der Waals surface area contributed by atoms with Crippen molar-refractivity contribution in [1.82, 2.24) is 0 Å². The van der Waals surface area contributed by atoms with Crippen LogP contribution in [0.4, 0.5) is 18.4 Å². The number of rotatable bonds is 15. The van der Waals surface area contributed by atoms with E-state index >= 15 is 8.78 Å². The van der Waals surface area contributed by atoms with Crippen LogP contribution >= 0.6 is 0 Å². The van der Waals surface area contributed by atoms with E-state index in [0.29, 0.717) is 36.8 Å². The molecule has 2 saturated heterocycles. The maximum atomic E-state index is 17.7. The Morgan fingerprint density at radius 2 is 0.934 bits per heavy atom. The molecule has 2 aliphatic heterocycles. The highest BCUT2D eigenvalue weighted by Gasteiger charge is 2.82. The molecule has 10 rings (SSSR count). The number of fused-ring (bicyclic) bond motifs is 14. The maximum absolute atomic E-state index is 17.7. The van der Waals surface area contributed by atoms with E-state index in [2.05, 4.69) is 0 Å². The second-order valence-corrected chi connectivity index (χ2v) is 24.5. The SMILES string of the molecule is CC1(C)O[C@@H]2C[C@H]3[C@@H]4CCC5=CC(=O)C=C[C@]5(C)[C@@]4(F)[C@@H](O)C[C@]3(C)[C@]2(C(=O)COC(=O)OCCOCCOCCOC(=O)OCC(=O)[C@@]23OC(C)(C)O[C@@H]2C[C@H]2[C@@H]4CCC5=CC(=O)C=C[C@]5(C)[C@@]4(F)[C@@H](O)C[C@@]23C)O1. The van der Waals surface area contributed by atoms with Crippen LogP contribution in [0.1, 0.15) is 107 Å². The summed E-state index contributed by atoms with van der Waals surface area (Å²) in [6, 6.07) is 0. The maximum Gasteiger partial charge on any atom is 0.508 e. The van der Waals surface area contributed by atoms with Gasteiger partial charge in [0.1, 0.15) is 13.2 Å².